The molecule has 1 aromatic carbocycles. The van der Waals surface area contributed by atoms with Crippen molar-refractivity contribution in [3.8, 4) is 11.5 Å². The van der Waals surface area contributed by atoms with E-state index in [1.54, 1.807) is 31.3 Å². The highest BCUT2D eigenvalue weighted by Crippen LogP contribution is 2.56. The highest BCUT2D eigenvalue weighted by atomic mass is 31.2. The number of benzene rings is 1. The Hall–Kier alpha value is -2.08. The molecule has 0 aliphatic heterocycles. The van der Waals surface area contributed by atoms with Gasteiger partial charge in [-0.1, -0.05) is 12.1 Å². The molecule has 2 rings (SSSR count). The van der Waals surface area contributed by atoms with Crippen molar-refractivity contribution < 1.29 is 23.8 Å². The van der Waals surface area contributed by atoms with Crippen LogP contribution in [0.1, 0.15) is 18.3 Å². The van der Waals surface area contributed by atoms with Crippen molar-refractivity contribution in [3.05, 3.63) is 48.2 Å². The lowest BCUT2D eigenvalue weighted by atomic mass is 10.2. The predicted octanol–water partition coefficient (Wildman–Crippen LogP) is 3.13. The highest BCUT2D eigenvalue weighted by molar-refractivity contribution is 7.53. The van der Waals surface area contributed by atoms with Crippen molar-refractivity contribution in [2.45, 2.75) is 12.7 Å². The van der Waals surface area contributed by atoms with Gasteiger partial charge >= 0.3 is 7.60 Å². The molecule has 0 saturated carbocycles. The summed E-state index contributed by atoms with van der Waals surface area (Å²) in [5, 5.41) is 12.6. The molecule has 1 heterocycles. The molecule has 2 aromatic rings. The van der Waals surface area contributed by atoms with E-state index in [4.69, 9.17) is 9.26 Å². The first-order valence-electron chi connectivity index (χ1n) is 6.99. The molecule has 0 aliphatic rings. The molecule has 23 heavy (non-hydrogen) atoms. The summed E-state index contributed by atoms with van der Waals surface area (Å²) in [5.41, 5.74) is 0.435. The van der Waals surface area contributed by atoms with E-state index in [0.29, 0.717) is 11.4 Å². The largest absolute Gasteiger partial charge is 0.504 e. The van der Waals surface area contributed by atoms with Crippen LogP contribution in [0.2, 0.25) is 0 Å². The Labute approximate surface area is 134 Å². The van der Waals surface area contributed by atoms with Gasteiger partial charge in [-0.15, -0.1) is 0 Å². The molecule has 8 heteroatoms. The number of rotatable bonds is 7. The van der Waals surface area contributed by atoms with Crippen molar-refractivity contribution in [2.24, 2.45) is 0 Å². The van der Waals surface area contributed by atoms with Crippen LogP contribution in [-0.2, 0) is 9.09 Å². The van der Waals surface area contributed by atoms with Gasteiger partial charge in [-0.25, -0.2) is 4.98 Å². The number of hydrogen-bond donors (Lipinski definition) is 3. The van der Waals surface area contributed by atoms with Gasteiger partial charge in [-0.2, -0.15) is 0 Å². The van der Waals surface area contributed by atoms with Crippen molar-refractivity contribution in [3.63, 3.8) is 0 Å². The fourth-order valence-corrected chi connectivity index (χ4v) is 3.42. The van der Waals surface area contributed by atoms with Crippen LogP contribution >= 0.6 is 7.60 Å². The van der Waals surface area contributed by atoms with Crippen molar-refractivity contribution in [1.82, 2.24) is 4.98 Å². The lowest BCUT2D eigenvalue weighted by Crippen LogP contribution is -2.14. The van der Waals surface area contributed by atoms with E-state index < -0.39 is 13.4 Å². The van der Waals surface area contributed by atoms with Crippen LogP contribution < -0.4 is 10.1 Å². The summed E-state index contributed by atoms with van der Waals surface area (Å²) in [4.78, 5) is 14.4. The second-order valence-corrected chi connectivity index (χ2v) is 6.58. The van der Waals surface area contributed by atoms with Gasteiger partial charge in [0.25, 0.3) is 0 Å². The molecule has 0 fully saturated rings. The first-order chi connectivity index (χ1) is 11.0. The third-order valence-electron chi connectivity index (χ3n) is 3.11. The average molecular weight is 338 g/mol. The number of nitrogens with one attached hydrogen (secondary N) is 1. The Morgan fingerprint density at radius 2 is 2.13 bits per heavy atom. The second kappa shape index (κ2) is 7.46. The lowest BCUT2D eigenvalue weighted by Gasteiger charge is -2.24. The Kier molecular flexibility index (Phi) is 5.60. The van der Waals surface area contributed by atoms with E-state index in [-0.39, 0.29) is 18.1 Å². The zero-order valence-electron chi connectivity index (χ0n) is 12.8. The molecular weight excluding hydrogens is 319 g/mol. The van der Waals surface area contributed by atoms with E-state index in [0.717, 1.165) is 0 Å². The number of phenols is 1. The standard InChI is InChI=1S/C15H19N2O5P/c1-3-22-23(19,20)15(17-14-6-4-5-9-16-14)11-7-8-12(18)13(10-11)21-2/h4-10,15,18H,3H2,1-2H3,(H,16,17)(H,19,20). The van der Waals surface area contributed by atoms with E-state index in [9.17, 15) is 14.6 Å². The van der Waals surface area contributed by atoms with Gasteiger partial charge in [0.2, 0.25) is 0 Å². The Morgan fingerprint density at radius 3 is 2.74 bits per heavy atom. The zero-order valence-corrected chi connectivity index (χ0v) is 13.7. The number of aromatic hydroxyl groups is 1. The van der Waals surface area contributed by atoms with Crippen LogP contribution in [0.5, 0.6) is 11.5 Å². The topological polar surface area (TPSA) is 101 Å². The highest BCUT2D eigenvalue weighted by Gasteiger charge is 2.34. The zero-order chi connectivity index (χ0) is 16.9. The minimum absolute atomic E-state index is 0.0583. The van der Waals surface area contributed by atoms with Crippen LogP contribution in [0.4, 0.5) is 5.82 Å². The fourth-order valence-electron chi connectivity index (χ4n) is 2.07. The van der Waals surface area contributed by atoms with Gasteiger partial charge in [-0.05, 0) is 36.8 Å². The Balaban J connectivity index is 2.43. The maximum Gasteiger partial charge on any atom is 0.354 e. The molecule has 0 aliphatic carbocycles. The van der Waals surface area contributed by atoms with Gasteiger partial charge in [0.15, 0.2) is 17.3 Å². The average Bonchev–Trinajstić information content (AvgIpc) is 2.54. The molecule has 124 valence electrons. The molecule has 0 radical (unpaired) electrons. The number of aromatic nitrogens is 1. The maximum absolute atomic E-state index is 12.5. The molecule has 7 nitrogen and oxygen atoms in total. The van der Waals surface area contributed by atoms with Crippen LogP contribution in [-0.4, -0.2) is 28.7 Å². The number of anilines is 1. The number of ether oxygens (including phenoxy) is 1. The predicted molar refractivity (Wildman–Crippen MR) is 86.7 cm³/mol. The van der Waals surface area contributed by atoms with Crippen LogP contribution in [0, 0.1) is 0 Å². The second-order valence-electron chi connectivity index (χ2n) is 4.68. The molecular formula is C15H19N2O5P. The van der Waals surface area contributed by atoms with E-state index in [2.05, 4.69) is 10.3 Å². The van der Waals surface area contributed by atoms with Crippen LogP contribution in [0.15, 0.2) is 42.6 Å². The molecule has 0 saturated heterocycles. The number of nitrogens with zero attached hydrogens (tertiary/aromatic N) is 1. The van der Waals surface area contributed by atoms with E-state index in [1.807, 2.05) is 0 Å². The number of phenolic OH excluding ortho intramolecular Hbond substituents is 1. The van der Waals surface area contributed by atoms with Crippen molar-refractivity contribution in [1.29, 1.82) is 0 Å². The summed E-state index contributed by atoms with van der Waals surface area (Å²) < 4.78 is 22.6. The SMILES string of the molecule is CCOP(=O)(O)C(Nc1ccccn1)c1ccc(O)c(OC)c1. The summed E-state index contributed by atoms with van der Waals surface area (Å²) in [5.74, 6) is -0.478. The van der Waals surface area contributed by atoms with Crippen molar-refractivity contribution >= 4 is 13.4 Å². The van der Waals surface area contributed by atoms with Crippen LogP contribution in [0.25, 0.3) is 0 Å². The van der Waals surface area contributed by atoms with E-state index in [1.165, 1.54) is 25.3 Å². The normalized spacial score (nSPS) is 14.7. The van der Waals surface area contributed by atoms with Gasteiger partial charge < -0.3 is 24.6 Å². The smallest absolute Gasteiger partial charge is 0.354 e. The molecule has 0 spiro atoms. The van der Waals surface area contributed by atoms with Gasteiger partial charge in [0.1, 0.15) is 5.82 Å². The van der Waals surface area contributed by atoms with Gasteiger partial charge in [0, 0.05) is 6.20 Å². The van der Waals surface area contributed by atoms with Crippen LogP contribution in [0.3, 0.4) is 0 Å². The van der Waals surface area contributed by atoms with Gasteiger partial charge in [0.05, 0.1) is 13.7 Å². The summed E-state index contributed by atoms with van der Waals surface area (Å²) in [6.07, 6.45) is 1.57. The maximum atomic E-state index is 12.5. The minimum Gasteiger partial charge on any atom is -0.504 e. The molecule has 3 N–H and O–H groups in total. The summed E-state index contributed by atoms with van der Waals surface area (Å²) in [6.45, 7) is 1.72. The summed E-state index contributed by atoms with van der Waals surface area (Å²) in [6, 6.07) is 9.58. The Morgan fingerprint density at radius 1 is 1.35 bits per heavy atom. The molecule has 0 amide bonds. The Bertz CT molecular complexity index is 696. The number of pyridine rings is 1. The minimum atomic E-state index is -4.02. The number of methoxy groups -OCH3 is 1. The lowest BCUT2D eigenvalue weighted by molar-refractivity contribution is 0.267. The molecule has 2 atom stereocenters. The molecule has 2 unspecified atom stereocenters. The molecule has 1 aromatic heterocycles. The first kappa shape index (κ1) is 17.3. The molecule has 0 bridgehead atoms. The van der Waals surface area contributed by atoms with Crippen molar-refractivity contribution in [2.75, 3.05) is 19.0 Å². The quantitative estimate of drug-likeness (QED) is 0.667. The third-order valence-corrected chi connectivity index (χ3v) is 4.82. The third kappa shape index (κ3) is 4.22. The van der Waals surface area contributed by atoms with E-state index >= 15 is 0 Å². The monoisotopic (exact) mass is 338 g/mol. The summed E-state index contributed by atoms with van der Waals surface area (Å²) >= 11 is 0. The first-order valence-corrected chi connectivity index (χ1v) is 8.64. The van der Waals surface area contributed by atoms with Gasteiger partial charge in [-0.3, -0.25) is 4.57 Å². The summed E-state index contributed by atoms with van der Waals surface area (Å²) in [7, 11) is -2.62. The number of hydrogen-bond acceptors (Lipinski definition) is 6. The fraction of sp³-hybridized carbons (Fsp3) is 0.267.